The average molecular weight is 474 g/mol. The van der Waals surface area contributed by atoms with Gasteiger partial charge in [-0.25, -0.2) is 4.79 Å². The Labute approximate surface area is 199 Å². The summed E-state index contributed by atoms with van der Waals surface area (Å²) >= 11 is 1.64. The molecule has 0 aliphatic carbocycles. The Morgan fingerprint density at radius 1 is 1.21 bits per heavy atom. The molecule has 1 fully saturated rings. The highest BCUT2D eigenvalue weighted by molar-refractivity contribution is 7.10. The van der Waals surface area contributed by atoms with Crippen LogP contribution in [-0.2, 0) is 9.53 Å². The van der Waals surface area contributed by atoms with Crippen molar-refractivity contribution < 1.29 is 19.1 Å². The van der Waals surface area contributed by atoms with Gasteiger partial charge in [0, 0.05) is 23.7 Å². The summed E-state index contributed by atoms with van der Waals surface area (Å²) in [6.45, 7) is 12.3. The van der Waals surface area contributed by atoms with Crippen LogP contribution in [0, 0.1) is 25.7 Å². The van der Waals surface area contributed by atoms with Crippen LogP contribution in [-0.4, -0.2) is 46.9 Å². The molecule has 0 bridgehead atoms. The molecule has 1 aliphatic rings. The number of thiophene rings is 1. The van der Waals surface area contributed by atoms with Crippen molar-refractivity contribution in [2.75, 3.05) is 13.1 Å². The van der Waals surface area contributed by atoms with Crippen molar-refractivity contribution in [3.8, 4) is 0 Å². The normalized spacial score (nSPS) is 17.3. The molecular formula is C25H35N3O4S. The van der Waals surface area contributed by atoms with E-state index in [1.807, 2.05) is 17.5 Å². The molecule has 2 amide bonds. The quantitative estimate of drug-likeness (QED) is 0.574. The van der Waals surface area contributed by atoms with E-state index in [2.05, 4.69) is 24.1 Å². The van der Waals surface area contributed by atoms with Crippen LogP contribution in [0.2, 0.25) is 0 Å². The summed E-state index contributed by atoms with van der Waals surface area (Å²) in [5.41, 5.74) is 2.01. The predicted octanol–water partition coefficient (Wildman–Crippen LogP) is 4.62. The summed E-state index contributed by atoms with van der Waals surface area (Å²) < 4.78 is 5.34. The Hall–Kier alpha value is -2.61. The van der Waals surface area contributed by atoms with E-state index in [0.717, 1.165) is 17.7 Å². The third-order valence-electron chi connectivity index (χ3n) is 6.09. The molecule has 0 saturated carbocycles. The number of nitrogens with one attached hydrogen (secondary N) is 2. The molecule has 33 heavy (non-hydrogen) atoms. The van der Waals surface area contributed by atoms with Gasteiger partial charge in [0.1, 0.15) is 5.69 Å². The van der Waals surface area contributed by atoms with Gasteiger partial charge < -0.3 is 19.9 Å². The first-order valence-corrected chi connectivity index (χ1v) is 12.5. The van der Waals surface area contributed by atoms with Crippen molar-refractivity contribution >= 4 is 29.1 Å². The fourth-order valence-electron chi connectivity index (χ4n) is 4.38. The summed E-state index contributed by atoms with van der Waals surface area (Å²) in [7, 11) is 0. The van der Waals surface area contributed by atoms with Gasteiger partial charge in [0.25, 0.3) is 5.91 Å². The van der Waals surface area contributed by atoms with Gasteiger partial charge in [-0.3, -0.25) is 9.59 Å². The zero-order valence-electron chi connectivity index (χ0n) is 20.4. The van der Waals surface area contributed by atoms with Gasteiger partial charge in [0.15, 0.2) is 0 Å². The predicted molar refractivity (Wildman–Crippen MR) is 129 cm³/mol. The number of hydrogen-bond acceptors (Lipinski definition) is 5. The van der Waals surface area contributed by atoms with Gasteiger partial charge >= 0.3 is 5.97 Å². The van der Waals surface area contributed by atoms with Crippen LogP contribution in [0.1, 0.15) is 83.6 Å². The van der Waals surface area contributed by atoms with Gasteiger partial charge in [-0.15, -0.1) is 11.3 Å². The molecule has 180 valence electrons. The molecule has 0 radical (unpaired) electrons. The maximum atomic E-state index is 13.3. The monoisotopic (exact) mass is 473 g/mol. The first-order valence-electron chi connectivity index (χ1n) is 11.6. The number of amides is 2. The van der Waals surface area contributed by atoms with E-state index in [0.29, 0.717) is 35.6 Å². The Bertz CT molecular complexity index is 994. The number of hydrogen-bond donors (Lipinski definition) is 2. The molecule has 2 N–H and O–H groups in total. The van der Waals surface area contributed by atoms with Crippen molar-refractivity contribution in [3.05, 3.63) is 44.9 Å². The van der Waals surface area contributed by atoms with E-state index in [1.54, 1.807) is 43.9 Å². The molecule has 2 aromatic rings. The number of carbonyl (C=O) groups excluding carboxylic acids is 3. The molecule has 0 aromatic carbocycles. The average Bonchev–Trinajstić information content (AvgIpc) is 3.38. The summed E-state index contributed by atoms with van der Waals surface area (Å²) in [5, 5.41) is 5.23. The van der Waals surface area contributed by atoms with Crippen LogP contribution in [0.5, 0.6) is 0 Å². The fraction of sp³-hybridized carbons (Fsp3) is 0.560. The minimum absolute atomic E-state index is 0.0137. The topological polar surface area (TPSA) is 91.5 Å². The zero-order chi connectivity index (χ0) is 24.3. The maximum Gasteiger partial charge on any atom is 0.340 e. The van der Waals surface area contributed by atoms with Crippen LogP contribution in [0.4, 0.5) is 0 Å². The molecule has 2 atom stereocenters. The van der Waals surface area contributed by atoms with Crippen LogP contribution >= 0.6 is 11.3 Å². The van der Waals surface area contributed by atoms with Gasteiger partial charge in [0.05, 0.1) is 23.6 Å². The number of rotatable bonds is 7. The fourth-order valence-corrected chi connectivity index (χ4v) is 5.33. The molecule has 0 spiro atoms. The second kappa shape index (κ2) is 10.5. The Balaban J connectivity index is 1.72. The van der Waals surface area contributed by atoms with Crippen LogP contribution in [0.3, 0.4) is 0 Å². The third-order valence-corrected chi connectivity index (χ3v) is 7.05. The Morgan fingerprint density at radius 3 is 2.55 bits per heavy atom. The first-order chi connectivity index (χ1) is 15.6. The lowest BCUT2D eigenvalue weighted by molar-refractivity contribution is -0.127. The maximum absolute atomic E-state index is 13.3. The highest BCUT2D eigenvalue weighted by atomic mass is 32.1. The van der Waals surface area contributed by atoms with Crippen molar-refractivity contribution in [2.24, 2.45) is 11.8 Å². The number of carbonyl (C=O) groups is 3. The lowest BCUT2D eigenvalue weighted by Crippen LogP contribution is -2.46. The summed E-state index contributed by atoms with van der Waals surface area (Å²) in [4.78, 5) is 44.9. The number of aryl methyl sites for hydroxylation is 1. The number of nitrogens with zero attached hydrogens (tertiary/aromatic N) is 1. The van der Waals surface area contributed by atoms with Crippen molar-refractivity contribution in [2.45, 2.75) is 66.5 Å². The highest BCUT2D eigenvalue weighted by Crippen LogP contribution is 2.28. The summed E-state index contributed by atoms with van der Waals surface area (Å²) in [5.74, 6) is -0.622. The van der Waals surface area contributed by atoms with Gasteiger partial charge in [-0.1, -0.05) is 19.9 Å². The molecule has 0 unspecified atom stereocenters. The van der Waals surface area contributed by atoms with E-state index >= 15 is 0 Å². The lowest BCUT2D eigenvalue weighted by atomic mass is 9.95. The SMILES string of the molecule is Cc1[nH]c(C(=O)N2CCC[C@@H](C(=O)N[C@H](c3cccs3)C(C)C)C2)c(C)c1C(=O)OC(C)C. The van der Waals surface area contributed by atoms with Crippen molar-refractivity contribution in [1.29, 1.82) is 0 Å². The van der Waals surface area contributed by atoms with E-state index in [-0.39, 0.29) is 35.8 Å². The van der Waals surface area contributed by atoms with Crippen LogP contribution in [0.25, 0.3) is 0 Å². The van der Waals surface area contributed by atoms with Gasteiger partial charge in [-0.05, 0) is 63.5 Å². The van der Waals surface area contributed by atoms with E-state index in [4.69, 9.17) is 4.74 Å². The first kappa shape index (κ1) is 25.0. The van der Waals surface area contributed by atoms with E-state index in [9.17, 15) is 14.4 Å². The second-order valence-electron chi connectivity index (χ2n) is 9.42. The number of ether oxygens (including phenoxy) is 1. The molecule has 8 heteroatoms. The van der Waals surface area contributed by atoms with Gasteiger partial charge in [-0.2, -0.15) is 0 Å². The molecular weight excluding hydrogens is 438 g/mol. The molecule has 2 aromatic heterocycles. The Morgan fingerprint density at radius 2 is 1.94 bits per heavy atom. The largest absolute Gasteiger partial charge is 0.459 e. The standard InChI is InChI=1S/C25H35N3O4S/c1-14(2)21(19-10-8-12-33-19)27-23(29)18-9-7-11-28(13-18)24(30)22-16(5)20(17(6)26-22)25(31)32-15(3)4/h8,10,12,14-15,18,21,26H,7,9,11,13H2,1-6H3,(H,27,29)/t18-,21+/m1/s1. The molecule has 3 rings (SSSR count). The van der Waals surface area contributed by atoms with Crippen LogP contribution < -0.4 is 5.32 Å². The number of aromatic amines is 1. The zero-order valence-corrected chi connectivity index (χ0v) is 21.2. The van der Waals surface area contributed by atoms with E-state index < -0.39 is 5.97 Å². The smallest absolute Gasteiger partial charge is 0.340 e. The molecule has 7 nitrogen and oxygen atoms in total. The summed E-state index contributed by atoms with van der Waals surface area (Å²) in [6.07, 6.45) is 1.27. The molecule has 1 saturated heterocycles. The number of likely N-dealkylation sites (tertiary alicyclic amines) is 1. The second-order valence-corrected chi connectivity index (χ2v) is 10.4. The minimum Gasteiger partial charge on any atom is -0.459 e. The third kappa shape index (κ3) is 5.66. The molecule has 3 heterocycles. The number of esters is 1. The number of aromatic nitrogens is 1. The Kier molecular flexibility index (Phi) is 8.00. The van der Waals surface area contributed by atoms with Crippen molar-refractivity contribution in [3.63, 3.8) is 0 Å². The van der Waals surface area contributed by atoms with Gasteiger partial charge in [0.2, 0.25) is 5.91 Å². The summed E-state index contributed by atoms with van der Waals surface area (Å²) in [6, 6.07) is 4.00. The minimum atomic E-state index is -0.431. The van der Waals surface area contributed by atoms with E-state index in [1.165, 1.54) is 0 Å². The lowest BCUT2D eigenvalue weighted by Gasteiger charge is -2.33. The van der Waals surface area contributed by atoms with Crippen LogP contribution in [0.15, 0.2) is 17.5 Å². The highest BCUT2D eigenvalue weighted by Gasteiger charge is 2.33. The molecule has 1 aliphatic heterocycles. The number of piperidine rings is 1. The number of H-pyrrole nitrogens is 1. The van der Waals surface area contributed by atoms with Crippen molar-refractivity contribution in [1.82, 2.24) is 15.2 Å².